The fourth-order valence-electron chi connectivity index (χ4n) is 3.42. The molecule has 1 amide bonds. The number of likely N-dealkylation sites (tertiary alicyclic amines) is 1. The van der Waals surface area contributed by atoms with E-state index >= 15 is 0 Å². The van der Waals surface area contributed by atoms with Gasteiger partial charge in [-0.3, -0.25) is 4.79 Å². The molecule has 2 N–H and O–H groups in total. The van der Waals surface area contributed by atoms with Crippen LogP contribution in [0.25, 0.3) is 0 Å². The first kappa shape index (κ1) is 20.0. The summed E-state index contributed by atoms with van der Waals surface area (Å²) in [5, 5.41) is 0. The number of benzene rings is 1. The first-order valence-electron chi connectivity index (χ1n) is 8.68. The van der Waals surface area contributed by atoms with Crippen LogP contribution in [0.15, 0.2) is 30.3 Å². The molecule has 0 radical (unpaired) electrons. The first-order chi connectivity index (χ1) is 10.6. The molecule has 1 aromatic rings. The zero-order valence-electron chi connectivity index (χ0n) is 14.4. The second-order valence-corrected chi connectivity index (χ2v) is 6.94. The van der Waals surface area contributed by atoms with Gasteiger partial charge in [0.05, 0.1) is 0 Å². The molecule has 2 atom stereocenters. The molecular weight excluding hydrogens is 308 g/mol. The Morgan fingerprint density at radius 3 is 2.57 bits per heavy atom. The van der Waals surface area contributed by atoms with Crippen LogP contribution in [0.1, 0.15) is 64.0 Å². The van der Waals surface area contributed by atoms with Crippen molar-refractivity contribution in [3.63, 3.8) is 0 Å². The number of nitrogens with zero attached hydrogens (tertiary/aromatic N) is 1. The first-order valence-corrected chi connectivity index (χ1v) is 8.68. The van der Waals surface area contributed by atoms with Gasteiger partial charge < -0.3 is 10.6 Å². The van der Waals surface area contributed by atoms with Crippen LogP contribution < -0.4 is 5.73 Å². The van der Waals surface area contributed by atoms with Gasteiger partial charge in [-0.1, -0.05) is 57.0 Å². The Bertz CT molecular complexity index is 464. The third kappa shape index (κ3) is 6.15. The van der Waals surface area contributed by atoms with Crippen molar-refractivity contribution < 1.29 is 4.79 Å². The quantitative estimate of drug-likeness (QED) is 0.869. The van der Waals surface area contributed by atoms with Gasteiger partial charge in [-0.15, -0.1) is 12.4 Å². The molecule has 1 aliphatic heterocycles. The molecule has 2 unspecified atom stereocenters. The summed E-state index contributed by atoms with van der Waals surface area (Å²) in [6.07, 6.45) is 6.27. The summed E-state index contributed by atoms with van der Waals surface area (Å²) in [4.78, 5) is 14.9. The molecule has 0 spiro atoms. The molecule has 2 rings (SSSR count). The lowest BCUT2D eigenvalue weighted by atomic mass is 9.97. The van der Waals surface area contributed by atoms with Crippen LogP contribution in [0.4, 0.5) is 0 Å². The number of nitrogens with two attached hydrogens (primary N) is 1. The van der Waals surface area contributed by atoms with Gasteiger partial charge in [-0.2, -0.15) is 0 Å². The number of halogens is 1. The molecular formula is C19H31ClN2O. The van der Waals surface area contributed by atoms with E-state index in [-0.39, 0.29) is 24.4 Å². The Morgan fingerprint density at radius 1 is 1.22 bits per heavy atom. The topological polar surface area (TPSA) is 46.3 Å². The van der Waals surface area contributed by atoms with Crippen molar-refractivity contribution in [2.45, 2.75) is 64.5 Å². The third-order valence-corrected chi connectivity index (χ3v) is 4.56. The summed E-state index contributed by atoms with van der Waals surface area (Å²) in [7, 11) is 0. The van der Waals surface area contributed by atoms with Crippen molar-refractivity contribution in [1.82, 2.24) is 4.90 Å². The monoisotopic (exact) mass is 338 g/mol. The number of carbonyl (C=O) groups excluding carboxylic acids is 1. The van der Waals surface area contributed by atoms with Crippen molar-refractivity contribution in [2.24, 2.45) is 11.7 Å². The molecule has 4 heteroatoms. The molecule has 0 bridgehead atoms. The van der Waals surface area contributed by atoms with Crippen molar-refractivity contribution in [1.29, 1.82) is 0 Å². The van der Waals surface area contributed by atoms with E-state index in [2.05, 4.69) is 18.7 Å². The number of carbonyl (C=O) groups is 1. The smallest absolute Gasteiger partial charge is 0.224 e. The molecule has 1 fully saturated rings. The van der Waals surface area contributed by atoms with Gasteiger partial charge in [0.25, 0.3) is 0 Å². The number of rotatable bonds is 5. The highest BCUT2D eigenvalue weighted by molar-refractivity contribution is 5.85. The molecule has 0 aromatic heterocycles. The molecule has 1 aliphatic rings. The second-order valence-electron chi connectivity index (χ2n) is 6.94. The maximum atomic E-state index is 12.8. The molecule has 3 nitrogen and oxygen atoms in total. The summed E-state index contributed by atoms with van der Waals surface area (Å²) in [5.74, 6) is 0.852. The standard InChI is InChI=1S/C19H30N2O.ClH/c1-15(2)13-17-11-7-4-8-12-21(17)19(22)14-18(20)16-9-5-3-6-10-16;/h3,5-6,9-10,15,17-18H,4,7-8,11-14,20H2,1-2H3;1H. The minimum absolute atomic E-state index is 0. The number of amides is 1. The Hall–Kier alpha value is -1.06. The van der Waals surface area contributed by atoms with Crippen LogP contribution >= 0.6 is 12.4 Å². The van der Waals surface area contributed by atoms with Crippen molar-refractivity contribution in [3.8, 4) is 0 Å². The summed E-state index contributed by atoms with van der Waals surface area (Å²) in [6, 6.07) is 10.2. The molecule has 23 heavy (non-hydrogen) atoms. The second kappa shape index (κ2) is 9.94. The van der Waals surface area contributed by atoms with Crippen molar-refractivity contribution in [2.75, 3.05) is 6.54 Å². The highest BCUT2D eigenvalue weighted by Crippen LogP contribution is 2.24. The van der Waals surface area contributed by atoms with Crippen LogP contribution in [-0.2, 0) is 4.79 Å². The van der Waals surface area contributed by atoms with E-state index in [4.69, 9.17) is 5.73 Å². The highest BCUT2D eigenvalue weighted by Gasteiger charge is 2.27. The third-order valence-electron chi connectivity index (χ3n) is 4.56. The molecule has 1 saturated heterocycles. The fraction of sp³-hybridized carbons (Fsp3) is 0.632. The van der Waals surface area contributed by atoms with Crippen LogP contribution in [-0.4, -0.2) is 23.4 Å². The molecule has 130 valence electrons. The minimum atomic E-state index is -0.198. The largest absolute Gasteiger partial charge is 0.340 e. The minimum Gasteiger partial charge on any atom is -0.340 e. The van der Waals surface area contributed by atoms with Crippen molar-refractivity contribution >= 4 is 18.3 Å². The lowest BCUT2D eigenvalue weighted by Crippen LogP contribution is -2.41. The zero-order valence-corrected chi connectivity index (χ0v) is 15.2. The highest BCUT2D eigenvalue weighted by atomic mass is 35.5. The Morgan fingerprint density at radius 2 is 1.91 bits per heavy atom. The van der Waals surface area contributed by atoms with E-state index in [1.165, 1.54) is 12.8 Å². The normalized spacial score (nSPS) is 19.8. The van der Waals surface area contributed by atoms with Gasteiger partial charge in [-0.05, 0) is 30.7 Å². The SMILES string of the molecule is CC(C)CC1CCCCCN1C(=O)CC(N)c1ccccc1.Cl. The maximum Gasteiger partial charge on any atom is 0.224 e. The zero-order chi connectivity index (χ0) is 15.9. The van der Waals surface area contributed by atoms with Crippen molar-refractivity contribution in [3.05, 3.63) is 35.9 Å². The van der Waals surface area contributed by atoms with Gasteiger partial charge in [-0.25, -0.2) is 0 Å². The summed E-state index contributed by atoms with van der Waals surface area (Å²) >= 11 is 0. The van der Waals surface area contributed by atoms with E-state index in [1.54, 1.807) is 0 Å². The summed E-state index contributed by atoms with van der Waals surface area (Å²) in [6.45, 7) is 5.38. The predicted molar refractivity (Wildman–Crippen MR) is 98.7 cm³/mol. The lowest BCUT2D eigenvalue weighted by molar-refractivity contribution is -0.134. The summed E-state index contributed by atoms with van der Waals surface area (Å²) < 4.78 is 0. The van der Waals surface area contributed by atoms with Gasteiger partial charge >= 0.3 is 0 Å². The van der Waals surface area contributed by atoms with Gasteiger partial charge in [0, 0.05) is 25.0 Å². The van der Waals surface area contributed by atoms with Crippen LogP contribution in [0.3, 0.4) is 0 Å². The van der Waals surface area contributed by atoms with E-state index in [1.807, 2.05) is 30.3 Å². The Labute approximate surface area is 147 Å². The summed E-state index contributed by atoms with van der Waals surface area (Å²) in [5.41, 5.74) is 7.29. The predicted octanol–water partition coefficient (Wildman–Crippen LogP) is 4.32. The average Bonchev–Trinajstić information content (AvgIpc) is 2.73. The van der Waals surface area contributed by atoms with E-state index < -0.39 is 0 Å². The van der Waals surface area contributed by atoms with Gasteiger partial charge in [0.2, 0.25) is 5.91 Å². The Kier molecular flexibility index (Phi) is 8.64. The van der Waals surface area contributed by atoms with Gasteiger partial charge in [0.15, 0.2) is 0 Å². The molecule has 0 aliphatic carbocycles. The lowest BCUT2D eigenvalue weighted by Gasteiger charge is -2.32. The maximum absolute atomic E-state index is 12.8. The van der Waals surface area contributed by atoms with Crippen LogP contribution in [0.2, 0.25) is 0 Å². The average molecular weight is 339 g/mol. The Balaban J connectivity index is 0.00000264. The van der Waals surface area contributed by atoms with E-state index in [0.29, 0.717) is 18.4 Å². The molecule has 1 aromatic carbocycles. The van der Waals surface area contributed by atoms with Crippen LogP contribution in [0, 0.1) is 5.92 Å². The van der Waals surface area contributed by atoms with Crippen LogP contribution in [0.5, 0.6) is 0 Å². The van der Waals surface area contributed by atoms with E-state index in [0.717, 1.165) is 31.4 Å². The number of hydrogen-bond acceptors (Lipinski definition) is 2. The van der Waals surface area contributed by atoms with Gasteiger partial charge in [0.1, 0.15) is 0 Å². The number of hydrogen-bond donors (Lipinski definition) is 1. The molecule has 0 saturated carbocycles. The molecule has 1 heterocycles. The van der Waals surface area contributed by atoms with E-state index in [9.17, 15) is 4.79 Å². The fourth-order valence-corrected chi connectivity index (χ4v) is 3.42.